The molecule has 126 valence electrons. The van der Waals surface area contributed by atoms with Crippen molar-refractivity contribution >= 4 is 11.9 Å². The van der Waals surface area contributed by atoms with Gasteiger partial charge in [-0.25, -0.2) is 9.59 Å². The second-order valence-electron chi connectivity index (χ2n) is 4.92. The summed E-state index contributed by atoms with van der Waals surface area (Å²) in [4.78, 5) is 35.8. The number of ether oxygens (including phenoxy) is 3. The Kier molecular flexibility index (Phi) is 5.36. The Bertz CT molecular complexity index is 784. The van der Waals surface area contributed by atoms with Gasteiger partial charge in [0.1, 0.15) is 16.9 Å². The first-order valence-corrected chi connectivity index (χ1v) is 7.03. The van der Waals surface area contributed by atoms with Gasteiger partial charge in [0.25, 0.3) is 0 Å². The van der Waals surface area contributed by atoms with Gasteiger partial charge in [-0.05, 0) is 17.7 Å². The molecule has 2 rings (SSSR count). The van der Waals surface area contributed by atoms with Crippen LogP contribution in [-0.2, 0) is 16.0 Å². The number of hydrogen-bond acceptors (Lipinski definition) is 6. The SMILES string of the molecule is COC(=O)c1cn(Cc2cccc(OC)c2)cc(C(=O)OC)c1=O. The second kappa shape index (κ2) is 7.45. The van der Waals surface area contributed by atoms with Crippen LogP contribution < -0.4 is 10.2 Å². The molecule has 0 atom stereocenters. The number of nitrogens with zero attached hydrogens (tertiary/aromatic N) is 1. The smallest absolute Gasteiger partial charge is 0.343 e. The van der Waals surface area contributed by atoms with Crippen LogP contribution >= 0.6 is 0 Å². The molecular formula is C17H17NO6. The van der Waals surface area contributed by atoms with Gasteiger partial charge in [0, 0.05) is 18.9 Å². The third kappa shape index (κ3) is 3.62. The minimum Gasteiger partial charge on any atom is -0.497 e. The standard InChI is InChI=1S/C17H17NO6/c1-22-12-6-4-5-11(7-12)8-18-9-13(16(20)23-2)15(19)14(10-18)17(21)24-3/h4-7,9-10H,8H2,1-3H3. The third-order valence-corrected chi connectivity index (χ3v) is 3.39. The highest BCUT2D eigenvalue weighted by Crippen LogP contribution is 2.14. The van der Waals surface area contributed by atoms with Gasteiger partial charge in [-0.15, -0.1) is 0 Å². The van der Waals surface area contributed by atoms with E-state index in [1.54, 1.807) is 17.7 Å². The van der Waals surface area contributed by atoms with E-state index in [0.29, 0.717) is 12.3 Å². The minimum absolute atomic E-state index is 0.233. The lowest BCUT2D eigenvalue weighted by Gasteiger charge is -2.11. The molecule has 0 fully saturated rings. The molecule has 7 nitrogen and oxygen atoms in total. The molecule has 0 N–H and O–H groups in total. The average molecular weight is 331 g/mol. The van der Waals surface area contributed by atoms with Crippen LogP contribution in [-0.4, -0.2) is 37.8 Å². The maximum absolute atomic E-state index is 12.2. The van der Waals surface area contributed by atoms with Crippen LogP contribution in [0.25, 0.3) is 0 Å². The summed E-state index contributed by atoms with van der Waals surface area (Å²) in [6, 6.07) is 7.29. The number of hydrogen-bond donors (Lipinski definition) is 0. The monoisotopic (exact) mass is 331 g/mol. The summed E-state index contributed by atoms with van der Waals surface area (Å²) in [6.07, 6.45) is 2.69. The molecule has 0 unspecified atom stereocenters. The molecule has 7 heteroatoms. The van der Waals surface area contributed by atoms with Gasteiger partial charge < -0.3 is 18.8 Å². The van der Waals surface area contributed by atoms with Gasteiger partial charge in [0.15, 0.2) is 0 Å². The molecule has 0 aliphatic heterocycles. The summed E-state index contributed by atoms with van der Waals surface area (Å²) in [7, 11) is 3.89. The van der Waals surface area contributed by atoms with E-state index in [1.165, 1.54) is 26.6 Å². The van der Waals surface area contributed by atoms with Crippen molar-refractivity contribution in [3.8, 4) is 5.75 Å². The summed E-state index contributed by atoms with van der Waals surface area (Å²) >= 11 is 0. The molecule has 0 aliphatic rings. The second-order valence-corrected chi connectivity index (χ2v) is 4.92. The number of rotatable bonds is 5. The summed E-state index contributed by atoms with van der Waals surface area (Å²) < 4.78 is 15.9. The molecule has 0 bridgehead atoms. The predicted octanol–water partition coefficient (Wildman–Crippen LogP) is 1.48. The first kappa shape index (κ1) is 17.3. The highest BCUT2D eigenvalue weighted by Gasteiger charge is 2.20. The number of esters is 2. The number of aromatic nitrogens is 1. The molecule has 0 saturated carbocycles. The van der Waals surface area contributed by atoms with Gasteiger partial charge in [-0.1, -0.05) is 12.1 Å². The topological polar surface area (TPSA) is 83.8 Å². The number of carbonyl (C=O) groups excluding carboxylic acids is 2. The number of methoxy groups -OCH3 is 3. The highest BCUT2D eigenvalue weighted by molar-refractivity contribution is 5.94. The van der Waals surface area contributed by atoms with Crippen LogP contribution in [0.4, 0.5) is 0 Å². The Labute approximate surface area is 138 Å². The Morgan fingerprint density at radius 1 is 1.00 bits per heavy atom. The molecule has 2 aromatic rings. The summed E-state index contributed by atoms with van der Waals surface area (Å²) in [5.41, 5.74) is -0.327. The zero-order chi connectivity index (χ0) is 17.7. The van der Waals surface area contributed by atoms with Gasteiger partial charge in [-0.2, -0.15) is 0 Å². The van der Waals surface area contributed by atoms with Crippen molar-refractivity contribution in [2.45, 2.75) is 6.54 Å². The molecule has 1 heterocycles. The van der Waals surface area contributed by atoms with E-state index in [9.17, 15) is 14.4 Å². The minimum atomic E-state index is -0.815. The Morgan fingerprint density at radius 2 is 1.58 bits per heavy atom. The van der Waals surface area contributed by atoms with Gasteiger partial charge >= 0.3 is 11.9 Å². The van der Waals surface area contributed by atoms with E-state index in [1.807, 2.05) is 18.2 Å². The molecule has 24 heavy (non-hydrogen) atoms. The van der Waals surface area contributed by atoms with Crippen LogP contribution in [0.15, 0.2) is 41.5 Å². The van der Waals surface area contributed by atoms with E-state index >= 15 is 0 Å². The van der Waals surface area contributed by atoms with Crippen LogP contribution in [0.5, 0.6) is 5.75 Å². The fourth-order valence-corrected chi connectivity index (χ4v) is 2.21. The van der Waals surface area contributed by atoms with Crippen molar-refractivity contribution in [1.29, 1.82) is 0 Å². The van der Waals surface area contributed by atoms with Crippen molar-refractivity contribution in [2.75, 3.05) is 21.3 Å². The molecule has 0 radical (unpaired) electrons. The average Bonchev–Trinajstić information content (AvgIpc) is 2.61. The quantitative estimate of drug-likeness (QED) is 0.772. The first-order valence-electron chi connectivity index (χ1n) is 7.03. The highest BCUT2D eigenvalue weighted by atomic mass is 16.5. The maximum atomic E-state index is 12.2. The van der Waals surface area contributed by atoms with Gasteiger partial charge in [0.2, 0.25) is 5.43 Å². The van der Waals surface area contributed by atoms with Crippen molar-refractivity contribution in [3.63, 3.8) is 0 Å². The fourth-order valence-electron chi connectivity index (χ4n) is 2.21. The normalized spacial score (nSPS) is 10.1. The predicted molar refractivity (Wildman–Crippen MR) is 85.5 cm³/mol. The number of carbonyl (C=O) groups is 2. The molecular weight excluding hydrogens is 314 g/mol. The Balaban J connectivity index is 2.50. The summed E-state index contributed by atoms with van der Waals surface area (Å²) in [5.74, 6) is -0.954. The van der Waals surface area contributed by atoms with E-state index in [-0.39, 0.29) is 11.1 Å². The van der Waals surface area contributed by atoms with E-state index in [2.05, 4.69) is 9.47 Å². The van der Waals surface area contributed by atoms with Crippen molar-refractivity contribution in [2.24, 2.45) is 0 Å². The van der Waals surface area contributed by atoms with Gasteiger partial charge in [0.05, 0.1) is 21.3 Å². The van der Waals surface area contributed by atoms with Crippen molar-refractivity contribution in [3.05, 3.63) is 63.6 Å². The molecule has 0 aliphatic carbocycles. The third-order valence-electron chi connectivity index (χ3n) is 3.39. The lowest BCUT2D eigenvalue weighted by molar-refractivity contribution is 0.0594. The number of benzene rings is 1. The lowest BCUT2D eigenvalue weighted by atomic mass is 10.1. The van der Waals surface area contributed by atoms with Crippen LogP contribution in [0, 0.1) is 0 Å². The maximum Gasteiger partial charge on any atom is 0.343 e. The lowest BCUT2D eigenvalue weighted by Crippen LogP contribution is -2.26. The Morgan fingerprint density at radius 3 is 2.08 bits per heavy atom. The molecule has 1 aromatic carbocycles. The van der Waals surface area contributed by atoms with Crippen LogP contribution in [0.3, 0.4) is 0 Å². The molecule has 1 aromatic heterocycles. The van der Waals surface area contributed by atoms with Crippen molar-refractivity contribution < 1.29 is 23.8 Å². The largest absolute Gasteiger partial charge is 0.497 e. The summed E-state index contributed by atoms with van der Waals surface area (Å²) in [6.45, 7) is 0.325. The fraction of sp³-hybridized carbons (Fsp3) is 0.235. The van der Waals surface area contributed by atoms with E-state index in [4.69, 9.17) is 4.74 Å². The zero-order valence-electron chi connectivity index (χ0n) is 13.6. The van der Waals surface area contributed by atoms with Gasteiger partial charge in [-0.3, -0.25) is 4.79 Å². The molecule has 0 spiro atoms. The van der Waals surface area contributed by atoms with E-state index in [0.717, 1.165) is 5.56 Å². The Hall–Kier alpha value is -3.09. The van der Waals surface area contributed by atoms with Crippen LogP contribution in [0.1, 0.15) is 26.3 Å². The number of pyridine rings is 1. The van der Waals surface area contributed by atoms with Crippen molar-refractivity contribution in [1.82, 2.24) is 4.57 Å². The van der Waals surface area contributed by atoms with Crippen LogP contribution in [0.2, 0.25) is 0 Å². The first-order chi connectivity index (χ1) is 11.5. The zero-order valence-corrected chi connectivity index (χ0v) is 13.6. The van der Waals surface area contributed by atoms with E-state index < -0.39 is 17.4 Å². The molecule has 0 saturated heterocycles. The summed E-state index contributed by atoms with van der Waals surface area (Å²) in [5, 5.41) is 0. The molecule has 0 amide bonds.